The fraction of sp³-hybridized carbons (Fsp3) is 0.312. The molecule has 3 aromatic heterocycles. The molecule has 2 N–H and O–H groups in total. The van der Waals surface area contributed by atoms with Crippen LogP contribution in [0.5, 0.6) is 0 Å². The van der Waals surface area contributed by atoms with Crippen LogP contribution >= 0.6 is 27.3 Å². The number of hydrogen-bond acceptors (Lipinski definition) is 5. The van der Waals surface area contributed by atoms with Crippen LogP contribution in [0.4, 0.5) is 5.13 Å². The maximum absolute atomic E-state index is 6.18. The van der Waals surface area contributed by atoms with E-state index >= 15 is 0 Å². The number of anilines is 1. The number of hydrogen-bond donors (Lipinski definition) is 1. The topological polar surface area (TPSA) is 75.0 Å². The van der Waals surface area contributed by atoms with Crippen LogP contribution in [-0.4, -0.2) is 51.4 Å². The molecule has 25 heavy (non-hydrogen) atoms. The summed E-state index contributed by atoms with van der Waals surface area (Å²) >= 11 is 5.13. The van der Waals surface area contributed by atoms with Crippen molar-refractivity contribution < 1.29 is 0 Å². The van der Waals surface area contributed by atoms with Crippen molar-refractivity contribution in [3.05, 3.63) is 46.3 Å². The molecule has 1 aliphatic heterocycles. The molecule has 0 bridgehead atoms. The molecule has 0 saturated carbocycles. The van der Waals surface area contributed by atoms with Crippen molar-refractivity contribution in [3.63, 3.8) is 0 Å². The van der Waals surface area contributed by atoms with Crippen LogP contribution < -0.4 is 10.6 Å². The van der Waals surface area contributed by atoms with E-state index in [1.807, 2.05) is 40.5 Å². The second-order valence-electron chi connectivity index (χ2n) is 5.81. The zero-order valence-corrected chi connectivity index (χ0v) is 15.9. The van der Waals surface area contributed by atoms with Crippen molar-refractivity contribution in [2.45, 2.75) is 6.54 Å². The van der Waals surface area contributed by atoms with Crippen molar-refractivity contribution in [1.82, 2.24) is 19.3 Å². The summed E-state index contributed by atoms with van der Waals surface area (Å²) in [4.78, 5) is 17.9. The van der Waals surface area contributed by atoms with E-state index in [2.05, 4.69) is 40.7 Å². The van der Waals surface area contributed by atoms with E-state index < -0.39 is 0 Å². The van der Waals surface area contributed by atoms with Gasteiger partial charge in [-0.05, 0) is 28.1 Å². The Balaban J connectivity index is 1.38. The van der Waals surface area contributed by atoms with Crippen molar-refractivity contribution in [2.75, 3.05) is 31.1 Å². The van der Waals surface area contributed by atoms with Crippen LogP contribution in [0.25, 0.3) is 5.65 Å². The van der Waals surface area contributed by atoms with Gasteiger partial charge in [0.2, 0.25) is 0 Å². The van der Waals surface area contributed by atoms with E-state index in [0.29, 0.717) is 12.5 Å². The molecule has 4 heterocycles. The average molecular weight is 420 g/mol. The van der Waals surface area contributed by atoms with E-state index in [9.17, 15) is 0 Å². The molecule has 0 atom stereocenters. The lowest BCUT2D eigenvalue weighted by molar-refractivity contribution is 0.380. The SMILES string of the molecule is NC(=NCc1cn2cc(Br)ccc2n1)N1CCN(c2nccs2)CC1. The number of nitrogens with two attached hydrogens (primary N) is 1. The summed E-state index contributed by atoms with van der Waals surface area (Å²) < 4.78 is 3.00. The van der Waals surface area contributed by atoms with Gasteiger partial charge in [0.25, 0.3) is 0 Å². The molecule has 7 nitrogen and oxygen atoms in total. The van der Waals surface area contributed by atoms with E-state index in [-0.39, 0.29) is 0 Å². The molecule has 0 spiro atoms. The number of guanidine groups is 1. The van der Waals surface area contributed by atoms with Gasteiger partial charge < -0.3 is 19.9 Å². The third kappa shape index (κ3) is 3.62. The summed E-state index contributed by atoms with van der Waals surface area (Å²) in [5.74, 6) is 0.581. The molecule has 0 radical (unpaired) electrons. The van der Waals surface area contributed by atoms with Crippen molar-refractivity contribution in [2.24, 2.45) is 10.7 Å². The van der Waals surface area contributed by atoms with Gasteiger partial charge in [0.05, 0.1) is 12.2 Å². The minimum atomic E-state index is 0.484. The summed E-state index contributed by atoms with van der Waals surface area (Å²) in [6, 6.07) is 3.95. The number of nitrogens with zero attached hydrogens (tertiary/aromatic N) is 6. The molecule has 1 fully saturated rings. The number of pyridine rings is 1. The lowest BCUT2D eigenvalue weighted by atomic mass is 10.3. The summed E-state index contributed by atoms with van der Waals surface area (Å²) in [6.07, 6.45) is 5.81. The number of halogens is 1. The Bertz CT molecular complexity index is 881. The lowest BCUT2D eigenvalue weighted by Crippen LogP contribution is -2.51. The number of imidazole rings is 1. The van der Waals surface area contributed by atoms with Crippen molar-refractivity contribution in [3.8, 4) is 0 Å². The number of aromatic nitrogens is 3. The molecular formula is C16H18BrN7S. The molecule has 9 heteroatoms. The maximum atomic E-state index is 6.18. The van der Waals surface area contributed by atoms with Gasteiger partial charge in [-0.3, -0.25) is 0 Å². The molecular weight excluding hydrogens is 402 g/mol. The molecule has 3 aromatic rings. The highest BCUT2D eigenvalue weighted by atomic mass is 79.9. The third-order valence-electron chi connectivity index (χ3n) is 4.16. The second-order valence-corrected chi connectivity index (χ2v) is 7.60. The van der Waals surface area contributed by atoms with E-state index in [0.717, 1.165) is 47.1 Å². The Labute approximate surface area is 157 Å². The Morgan fingerprint density at radius 3 is 2.84 bits per heavy atom. The van der Waals surface area contributed by atoms with Gasteiger partial charge in [-0.1, -0.05) is 0 Å². The van der Waals surface area contributed by atoms with Gasteiger partial charge in [-0.2, -0.15) is 0 Å². The van der Waals surface area contributed by atoms with Crippen LogP contribution in [0.15, 0.2) is 45.6 Å². The highest BCUT2D eigenvalue weighted by molar-refractivity contribution is 9.10. The Morgan fingerprint density at radius 2 is 2.08 bits per heavy atom. The predicted molar refractivity (Wildman–Crippen MR) is 104 cm³/mol. The number of thiazole rings is 1. The minimum Gasteiger partial charge on any atom is -0.370 e. The molecule has 0 aromatic carbocycles. The highest BCUT2D eigenvalue weighted by Crippen LogP contribution is 2.19. The van der Waals surface area contributed by atoms with Crippen LogP contribution in [0.2, 0.25) is 0 Å². The van der Waals surface area contributed by atoms with E-state index in [1.165, 1.54) is 0 Å². The van der Waals surface area contributed by atoms with E-state index in [4.69, 9.17) is 5.73 Å². The van der Waals surface area contributed by atoms with E-state index in [1.54, 1.807) is 11.3 Å². The Morgan fingerprint density at radius 1 is 1.24 bits per heavy atom. The largest absolute Gasteiger partial charge is 0.370 e. The quantitative estimate of drug-likeness (QED) is 0.520. The molecule has 130 valence electrons. The zero-order chi connectivity index (χ0) is 17.2. The molecule has 4 rings (SSSR count). The molecule has 0 unspecified atom stereocenters. The van der Waals surface area contributed by atoms with Crippen LogP contribution in [-0.2, 0) is 6.54 Å². The average Bonchev–Trinajstić information content (AvgIpc) is 3.29. The third-order valence-corrected chi connectivity index (χ3v) is 5.46. The zero-order valence-electron chi connectivity index (χ0n) is 13.5. The first-order valence-electron chi connectivity index (χ1n) is 8.01. The van der Waals surface area contributed by atoms with Crippen molar-refractivity contribution in [1.29, 1.82) is 0 Å². The molecule has 1 saturated heterocycles. The summed E-state index contributed by atoms with van der Waals surface area (Å²) in [5.41, 5.74) is 7.99. The number of piperazine rings is 1. The normalized spacial score (nSPS) is 16.0. The van der Waals surface area contributed by atoms with Gasteiger partial charge >= 0.3 is 0 Å². The van der Waals surface area contributed by atoms with Gasteiger partial charge in [0.1, 0.15) is 5.65 Å². The van der Waals surface area contributed by atoms with Gasteiger partial charge in [-0.25, -0.2) is 15.0 Å². The first kappa shape index (κ1) is 16.3. The number of aliphatic imine (C=N–C) groups is 1. The standard InChI is InChI=1S/C16H18BrN7S/c17-12-1-2-14-21-13(11-24(14)10-12)9-20-15(18)22-4-6-23(7-5-22)16-19-3-8-25-16/h1-3,8,10-11H,4-7,9H2,(H2,18,20). The van der Waals surface area contributed by atoms with Gasteiger partial charge in [-0.15, -0.1) is 11.3 Å². The van der Waals surface area contributed by atoms with Crippen LogP contribution in [0.3, 0.4) is 0 Å². The molecule has 0 amide bonds. The maximum Gasteiger partial charge on any atom is 0.191 e. The van der Waals surface area contributed by atoms with Crippen LogP contribution in [0.1, 0.15) is 5.69 Å². The monoisotopic (exact) mass is 419 g/mol. The summed E-state index contributed by atoms with van der Waals surface area (Å²) in [7, 11) is 0. The number of fused-ring (bicyclic) bond motifs is 1. The highest BCUT2D eigenvalue weighted by Gasteiger charge is 2.19. The lowest BCUT2D eigenvalue weighted by Gasteiger charge is -2.35. The summed E-state index contributed by atoms with van der Waals surface area (Å²) in [6.45, 7) is 4.01. The predicted octanol–water partition coefficient (Wildman–Crippen LogP) is 2.19. The first-order valence-corrected chi connectivity index (χ1v) is 9.69. The Kier molecular flexibility index (Phi) is 4.58. The Hall–Kier alpha value is -2.13. The summed E-state index contributed by atoms with van der Waals surface area (Å²) in [5, 5.41) is 3.08. The van der Waals surface area contributed by atoms with Crippen molar-refractivity contribution >= 4 is 44.0 Å². The minimum absolute atomic E-state index is 0.484. The molecule has 1 aliphatic rings. The fourth-order valence-corrected chi connectivity index (χ4v) is 3.90. The number of rotatable bonds is 3. The molecule has 0 aliphatic carbocycles. The smallest absolute Gasteiger partial charge is 0.191 e. The van der Waals surface area contributed by atoms with Gasteiger partial charge in [0, 0.05) is 54.6 Å². The second kappa shape index (κ2) is 7.01. The first-order chi connectivity index (χ1) is 12.2. The fourth-order valence-electron chi connectivity index (χ4n) is 2.85. The van der Waals surface area contributed by atoms with Crippen LogP contribution in [0, 0.1) is 0 Å². The van der Waals surface area contributed by atoms with Gasteiger partial charge in [0.15, 0.2) is 11.1 Å².